The SMILES string of the molecule is Cc1cc(S(=O)(=O)Cc2ncccc2C)ccc1N. The first-order valence-corrected chi connectivity index (χ1v) is 7.55. The van der Waals surface area contributed by atoms with Gasteiger partial charge < -0.3 is 5.73 Å². The zero-order chi connectivity index (χ0) is 14.0. The molecule has 5 heteroatoms. The highest BCUT2D eigenvalue weighted by Crippen LogP contribution is 2.21. The molecule has 19 heavy (non-hydrogen) atoms. The van der Waals surface area contributed by atoms with Gasteiger partial charge in [-0.15, -0.1) is 0 Å². The molecule has 0 unspecified atom stereocenters. The molecule has 1 aromatic carbocycles. The van der Waals surface area contributed by atoms with E-state index in [0.29, 0.717) is 11.4 Å². The van der Waals surface area contributed by atoms with Gasteiger partial charge in [0.05, 0.1) is 16.3 Å². The number of nitrogen functional groups attached to an aromatic ring is 1. The molecule has 100 valence electrons. The summed E-state index contributed by atoms with van der Waals surface area (Å²) < 4.78 is 24.7. The van der Waals surface area contributed by atoms with Crippen molar-refractivity contribution in [3.05, 3.63) is 53.3 Å². The van der Waals surface area contributed by atoms with E-state index in [1.165, 1.54) is 6.07 Å². The Morgan fingerprint density at radius 2 is 1.89 bits per heavy atom. The van der Waals surface area contributed by atoms with Crippen LogP contribution in [0.1, 0.15) is 16.8 Å². The van der Waals surface area contributed by atoms with Crippen LogP contribution in [0.4, 0.5) is 5.69 Å². The summed E-state index contributed by atoms with van der Waals surface area (Å²) in [6.45, 7) is 3.65. The van der Waals surface area contributed by atoms with Crippen LogP contribution in [-0.2, 0) is 15.6 Å². The highest BCUT2D eigenvalue weighted by molar-refractivity contribution is 7.90. The maximum atomic E-state index is 12.3. The number of rotatable bonds is 3. The molecule has 0 radical (unpaired) electrons. The van der Waals surface area contributed by atoms with Crippen molar-refractivity contribution >= 4 is 15.5 Å². The highest BCUT2D eigenvalue weighted by Gasteiger charge is 2.17. The van der Waals surface area contributed by atoms with E-state index in [1.54, 1.807) is 31.3 Å². The topological polar surface area (TPSA) is 73.0 Å². The maximum Gasteiger partial charge on any atom is 0.184 e. The normalized spacial score (nSPS) is 11.5. The predicted octanol–water partition coefficient (Wildman–Crippen LogP) is 2.25. The van der Waals surface area contributed by atoms with E-state index in [2.05, 4.69) is 4.98 Å². The molecule has 4 nitrogen and oxygen atoms in total. The van der Waals surface area contributed by atoms with Gasteiger partial charge >= 0.3 is 0 Å². The van der Waals surface area contributed by atoms with Crippen molar-refractivity contribution in [3.63, 3.8) is 0 Å². The largest absolute Gasteiger partial charge is 0.399 e. The second kappa shape index (κ2) is 5.01. The summed E-state index contributed by atoms with van der Waals surface area (Å²) in [7, 11) is -3.39. The van der Waals surface area contributed by atoms with E-state index in [9.17, 15) is 8.42 Å². The lowest BCUT2D eigenvalue weighted by molar-refractivity contribution is 0.594. The van der Waals surface area contributed by atoms with Crippen LogP contribution in [0.25, 0.3) is 0 Å². The number of nitrogens with two attached hydrogens (primary N) is 1. The Hall–Kier alpha value is -1.88. The zero-order valence-corrected chi connectivity index (χ0v) is 11.7. The average Bonchev–Trinajstić information content (AvgIpc) is 2.35. The molecular weight excluding hydrogens is 260 g/mol. The predicted molar refractivity (Wildman–Crippen MR) is 75.5 cm³/mol. The van der Waals surface area contributed by atoms with E-state index in [4.69, 9.17) is 5.73 Å². The summed E-state index contributed by atoms with van der Waals surface area (Å²) in [5.41, 5.74) is 8.51. The summed E-state index contributed by atoms with van der Waals surface area (Å²) in [4.78, 5) is 4.41. The molecule has 2 rings (SSSR count). The fourth-order valence-electron chi connectivity index (χ4n) is 1.77. The van der Waals surface area contributed by atoms with Crippen LogP contribution < -0.4 is 5.73 Å². The molecule has 2 aromatic rings. The summed E-state index contributed by atoms with van der Waals surface area (Å²) in [6, 6.07) is 8.40. The Labute approximate surface area is 113 Å². The van der Waals surface area contributed by atoms with Crippen LogP contribution in [0.3, 0.4) is 0 Å². The Balaban J connectivity index is 2.38. The lowest BCUT2D eigenvalue weighted by Gasteiger charge is -2.08. The molecule has 0 aliphatic heterocycles. The summed E-state index contributed by atoms with van der Waals surface area (Å²) >= 11 is 0. The van der Waals surface area contributed by atoms with Crippen molar-refractivity contribution in [1.82, 2.24) is 4.98 Å². The summed E-state index contributed by atoms with van der Waals surface area (Å²) in [5.74, 6) is -0.0942. The molecule has 1 aromatic heterocycles. The molecule has 0 fully saturated rings. The van der Waals surface area contributed by atoms with E-state index in [0.717, 1.165) is 11.1 Å². The standard InChI is InChI=1S/C14H16N2O2S/c1-10-4-3-7-16-14(10)9-19(17,18)12-5-6-13(15)11(2)8-12/h3-8H,9,15H2,1-2H3. The van der Waals surface area contributed by atoms with Gasteiger partial charge in [0.2, 0.25) is 0 Å². The lowest BCUT2D eigenvalue weighted by Crippen LogP contribution is -2.08. The Bertz CT molecular complexity index is 709. The monoisotopic (exact) mass is 276 g/mol. The number of nitrogens with zero attached hydrogens (tertiary/aromatic N) is 1. The minimum atomic E-state index is -3.39. The number of aromatic nitrogens is 1. The van der Waals surface area contributed by atoms with Crippen molar-refractivity contribution in [1.29, 1.82) is 0 Å². The van der Waals surface area contributed by atoms with Crippen molar-refractivity contribution in [3.8, 4) is 0 Å². The fraction of sp³-hybridized carbons (Fsp3) is 0.214. The van der Waals surface area contributed by atoms with Crippen molar-refractivity contribution < 1.29 is 8.42 Å². The van der Waals surface area contributed by atoms with Crippen LogP contribution in [0.2, 0.25) is 0 Å². The quantitative estimate of drug-likeness (QED) is 0.873. The maximum absolute atomic E-state index is 12.3. The molecule has 0 saturated heterocycles. The van der Waals surface area contributed by atoms with Gasteiger partial charge in [-0.2, -0.15) is 0 Å². The molecule has 0 bridgehead atoms. The van der Waals surface area contributed by atoms with Crippen LogP contribution in [0.15, 0.2) is 41.4 Å². The molecule has 2 N–H and O–H groups in total. The Kier molecular flexibility index (Phi) is 3.57. The number of sulfone groups is 1. The van der Waals surface area contributed by atoms with Gasteiger partial charge in [0.15, 0.2) is 9.84 Å². The van der Waals surface area contributed by atoms with Crippen molar-refractivity contribution in [2.75, 3.05) is 5.73 Å². The molecule has 1 heterocycles. The Morgan fingerprint density at radius 3 is 2.53 bits per heavy atom. The minimum Gasteiger partial charge on any atom is -0.399 e. The van der Waals surface area contributed by atoms with Crippen molar-refractivity contribution in [2.24, 2.45) is 0 Å². The van der Waals surface area contributed by atoms with Gasteiger partial charge in [0.25, 0.3) is 0 Å². The minimum absolute atomic E-state index is 0.0942. The second-order valence-corrected chi connectivity index (χ2v) is 6.53. The van der Waals surface area contributed by atoms with E-state index in [1.807, 2.05) is 13.0 Å². The third-order valence-electron chi connectivity index (χ3n) is 3.04. The molecule has 0 saturated carbocycles. The third-order valence-corrected chi connectivity index (χ3v) is 4.67. The zero-order valence-electron chi connectivity index (χ0n) is 10.9. The second-order valence-electron chi connectivity index (χ2n) is 4.54. The van der Waals surface area contributed by atoms with Gasteiger partial charge in [-0.25, -0.2) is 8.42 Å². The first-order valence-electron chi connectivity index (χ1n) is 5.89. The van der Waals surface area contributed by atoms with Crippen molar-refractivity contribution in [2.45, 2.75) is 24.5 Å². The number of pyridine rings is 1. The summed E-state index contributed by atoms with van der Waals surface area (Å²) in [6.07, 6.45) is 1.60. The van der Waals surface area contributed by atoms with Gasteiger partial charge in [0.1, 0.15) is 0 Å². The van der Waals surface area contributed by atoms with Crippen LogP contribution in [0, 0.1) is 13.8 Å². The molecule has 0 spiro atoms. The average molecular weight is 276 g/mol. The van der Waals surface area contributed by atoms with E-state index in [-0.39, 0.29) is 10.6 Å². The van der Waals surface area contributed by atoms with E-state index < -0.39 is 9.84 Å². The van der Waals surface area contributed by atoms with Gasteiger partial charge in [0, 0.05) is 11.9 Å². The molecule has 0 amide bonds. The highest BCUT2D eigenvalue weighted by atomic mass is 32.2. The number of hydrogen-bond acceptors (Lipinski definition) is 4. The fourth-order valence-corrected chi connectivity index (χ4v) is 3.24. The van der Waals surface area contributed by atoms with Crippen LogP contribution in [-0.4, -0.2) is 13.4 Å². The molecule has 0 aliphatic rings. The first kappa shape index (κ1) is 13.5. The number of aryl methyl sites for hydroxylation is 2. The molecule has 0 atom stereocenters. The lowest BCUT2D eigenvalue weighted by atomic mass is 10.2. The smallest absolute Gasteiger partial charge is 0.184 e. The van der Waals surface area contributed by atoms with Gasteiger partial charge in [-0.3, -0.25) is 4.98 Å². The molecular formula is C14H16N2O2S. The van der Waals surface area contributed by atoms with Gasteiger partial charge in [-0.05, 0) is 49.2 Å². The molecule has 0 aliphatic carbocycles. The number of benzene rings is 1. The number of hydrogen-bond donors (Lipinski definition) is 1. The van der Waals surface area contributed by atoms with Gasteiger partial charge in [-0.1, -0.05) is 6.07 Å². The number of anilines is 1. The third kappa shape index (κ3) is 2.93. The first-order chi connectivity index (χ1) is 8.90. The Morgan fingerprint density at radius 1 is 1.16 bits per heavy atom. The van der Waals surface area contributed by atoms with Crippen LogP contribution in [0.5, 0.6) is 0 Å². The van der Waals surface area contributed by atoms with Crippen LogP contribution >= 0.6 is 0 Å². The van der Waals surface area contributed by atoms with E-state index >= 15 is 0 Å². The summed E-state index contributed by atoms with van der Waals surface area (Å²) in [5, 5.41) is 0.